The van der Waals surface area contributed by atoms with Gasteiger partial charge in [0.25, 0.3) is 0 Å². The highest BCUT2D eigenvalue weighted by Gasteiger charge is 2.25. The minimum Gasteiger partial charge on any atom is -0.352 e. The van der Waals surface area contributed by atoms with Crippen LogP contribution in [0.1, 0.15) is 11.1 Å². The van der Waals surface area contributed by atoms with E-state index < -0.39 is 0 Å². The molecule has 2 heterocycles. The lowest BCUT2D eigenvalue weighted by Crippen LogP contribution is -2.54. The number of nitrogens with one attached hydrogen (secondary N) is 1. The molecular weight excluding hydrogens is 414 g/mol. The zero-order valence-corrected chi connectivity index (χ0v) is 18.0. The first kappa shape index (κ1) is 20.9. The van der Waals surface area contributed by atoms with Crippen LogP contribution in [-0.2, 0) is 17.9 Å². The molecule has 0 saturated carbocycles. The average molecular weight is 438 g/mol. The van der Waals surface area contributed by atoms with E-state index in [9.17, 15) is 4.79 Å². The molecule has 0 atom stereocenters. The molecule has 31 heavy (non-hydrogen) atoms. The van der Waals surface area contributed by atoms with Crippen molar-refractivity contribution in [1.29, 1.82) is 0 Å². The summed E-state index contributed by atoms with van der Waals surface area (Å²) in [7, 11) is 1.74. The minimum absolute atomic E-state index is 0.0846. The summed E-state index contributed by atoms with van der Waals surface area (Å²) in [5.74, 6) is 0.807. The average Bonchev–Trinajstić information content (AvgIpc) is 3.33. The van der Waals surface area contributed by atoms with Crippen LogP contribution in [0, 0.1) is 0 Å². The highest BCUT2D eigenvalue weighted by atomic mass is 35.5. The van der Waals surface area contributed by atoms with E-state index in [2.05, 4.69) is 20.4 Å². The number of aliphatic imine (C=N–C) groups is 1. The minimum atomic E-state index is 0.0846. The molecule has 0 aliphatic carbocycles. The van der Waals surface area contributed by atoms with Gasteiger partial charge in [0.15, 0.2) is 5.96 Å². The molecule has 9 heteroatoms. The third-order valence-electron chi connectivity index (χ3n) is 5.19. The van der Waals surface area contributed by atoms with Gasteiger partial charge in [0.1, 0.15) is 12.7 Å². The molecule has 8 nitrogen and oxygen atoms in total. The third-order valence-corrected chi connectivity index (χ3v) is 5.44. The Morgan fingerprint density at radius 1 is 1.10 bits per heavy atom. The number of piperazine rings is 1. The summed E-state index contributed by atoms with van der Waals surface area (Å²) >= 11 is 5.94. The predicted molar refractivity (Wildman–Crippen MR) is 120 cm³/mol. The first-order chi connectivity index (χ1) is 15.1. The summed E-state index contributed by atoms with van der Waals surface area (Å²) in [4.78, 5) is 24.9. The monoisotopic (exact) mass is 437 g/mol. The zero-order valence-electron chi connectivity index (χ0n) is 17.3. The van der Waals surface area contributed by atoms with Crippen LogP contribution in [0.25, 0.3) is 5.69 Å². The number of rotatable bonds is 5. The summed E-state index contributed by atoms with van der Waals surface area (Å²) in [6.45, 7) is 2.88. The normalized spacial score (nSPS) is 14.8. The van der Waals surface area contributed by atoms with Gasteiger partial charge in [-0.2, -0.15) is 5.10 Å². The van der Waals surface area contributed by atoms with Crippen molar-refractivity contribution in [1.82, 2.24) is 29.9 Å². The highest BCUT2D eigenvalue weighted by molar-refractivity contribution is 6.30. The Bertz CT molecular complexity index is 1030. The van der Waals surface area contributed by atoms with Crippen molar-refractivity contribution in [3.05, 3.63) is 77.3 Å². The number of carbonyl (C=O) groups excluding carboxylic acids is 1. The van der Waals surface area contributed by atoms with Crippen LogP contribution in [0.4, 0.5) is 0 Å². The van der Waals surface area contributed by atoms with E-state index in [1.807, 2.05) is 58.3 Å². The van der Waals surface area contributed by atoms with E-state index in [4.69, 9.17) is 11.6 Å². The molecule has 0 unspecified atom stereocenters. The second-order valence-corrected chi connectivity index (χ2v) is 7.71. The molecule has 0 bridgehead atoms. The molecule has 1 aliphatic rings. The second kappa shape index (κ2) is 9.61. The Morgan fingerprint density at radius 3 is 2.48 bits per heavy atom. The Hall–Kier alpha value is -3.39. The van der Waals surface area contributed by atoms with Gasteiger partial charge in [-0.3, -0.25) is 9.79 Å². The lowest BCUT2D eigenvalue weighted by atomic mass is 10.2. The Kier molecular flexibility index (Phi) is 6.47. The maximum atomic E-state index is 12.7. The van der Waals surface area contributed by atoms with Crippen molar-refractivity contribution in [3.8, 4) is 5.69 Å². The number of benzene rings is 2. The van der Waals surface area contributed by atoms with Crippen molar-refractivity contribution in [3.63, 3.8) is 0 Å². The van der Waals surface area contributed by atoms with Crippen LogP contribution in [-0.4, -0.2) is 63.1 Å². The molecule has 1 aromatic heterocycles. The van der Waals surface area contributed by atoms with Gasteiger partial charge in [0.05, 0.1) is 12.2 Å². The summed E-state index contributed by atoms with van der Waals surface area (Å²) in [5, 5.41) is 8.18. The van der Waals surface area contributed by atoms with Gasteiger partial charge in [-0.25, -0.2) is 9.67 Å². The first-order valence-electron chi connectivity index (χ1n) is 10.0. The SMILES string of the molecule is CN=C(NCc1ccc(-n2cncn2)cc1)N1CCN(Cc2ccc(Cl)cc2)C(=O)C1. The van der Waals surface area contributed by atoms with Crippen LogP contribution in [0.2, 0.25) is 5.02 Å². The predicted octanol–water partition coefficient (Wildman–Crippen LogP) is 2.34. The van der Waals surface area contributed by atoms with Gasteiger partial charge in [-0.05, 0) is 35.4 Å². The van der Waals surface area contributed by atoms with E-state index in [1.165, 1.54) is 6.33 Å². The number of guanidine groups is 1. The van der Waals surface area contributed by atoms with Crippen LogP contribution in [0.5, 0.6) is 0 Å². The molecule has 3 aromatic rings. The molecule has 1 N–H and O–H groups in total. The summed E-state index contributed by atoms with van der Waals surface area (Å²) in [6, 6.07) is 15.7. The van der Waals surface area contributed by atoms with E-state index in [-0.39, 0.29) is 5.91 Å². The molecule has 4 rings (SSSR count). The van der Waals surface area contributed by atoms with Crippen LogP contribution < -0.4 is 5.32 Å². The quantitative estimate of drug-likeness (QED) is 0.489. The van der Waals surface area contributed by atoms with Crippen molar-refractivity contribution in [2.75, 3.05) is 26.7 Å². The molecule has 160 valence electrons. The number of carbonyl (C=O) groups is 1. The van der Waals surface area contributed by atoms with E-state index in [0.717, 1.165) is 29.3 Å². The van der Waals surface area contributed by atoms with Crippen molar-refractivity contribution < 1.29 is 4.79 Å². The van der Waals surface area contributed by atoms with Crippen molar-refractivity contribution in [2.45, 2.75) is 13.1 Å². The molecule has 1 fully saturated rings. The van der Waals surface area contributed by atoms with Crippen LogP contribution >= 0.6 is 11.6 Å². The standard InChI is InChI=1S/C22H24ClN7O/c1-24-22(26-12-17-4-8-20(9-5-17)30-16-25-15-27-30)29-11-10-28(21(31)14-29)13-18-2-6-19(23)7-3-18/h2-9,15-16H,10-14H2,1H3,(H,24,26). The fourth-order valence-corrected chi connectivity index (χ4v) is 3.61. The van der Waals surface area contributed by atoms with E-state index in [1.54, 1.807) is 18.1 Å². The molecule has 1 saturated heterocycles. The molecule has 1 amide bonds. The molecule has 2 aromatic carbocycles. The molecule has 0 spiro atoms. The first-order valence-corrected chi connectivity index (χ1v) is 10.4. The van der Waals surface area contributed by atoms with Gasteiger partial charge in [-0.1, -0.05) is 35.9 Å². The Balaban J connectivity index is 1.30. The number of amides is 1. The maximum absolute atomic E-state index is 12.7. The highest BCUT2D eigenvalue weighted by Crippen LogP contribution is 2.14. The molecule has 0 radical (unpaired) electrons. The summed E-state index contributed by atoms with van der Waals surface area (Å²) in [5.41, 5.74) is 3.13. The van der Waals surface area contributed by atoms with Gasteiger partial charge in [0, 0.05) is 38.2 Å². The maximum Gasteiger partial charge on any atom is 0.242 e. The zero-order chi connectivity index (χ0) is 21.6. The molecular formula is C22H24ClN7O. The number of hydrogen-bond donors (Lipinski definition) is 1. The lowest BCUT2D eigenvalue weighted by Gasteiger charge is -2.36. The molecule has 1 aliphatic heterocycles. The van der Waals surface area contributed by atoms with E-state index >= 15 is 0 Å². The van der Waals surface area contributed by atoms with Crippen molar-refractivity contribution in [2.24, 2.45) is 4.99 Å². The number of hydrogen-bond acceptors (Lipinski definition) is 4. The second-order valence-electron chi connectivity index (χ2n) is 7.27. The van der Waals surface area contributed by atoms with E-state index in [0.29, 0.717) is 31.2 Å². The van der Waals surface area contributed by atoms with Crippen molar-refractivity contribution >= 4 is 23.5 Å². The van der Waals surface area contributed by atoms with Crippen LogP contribution in [0.15, 0.2) is 66.2 Å². The van der Waals surface area contributed by atoms with Crippen LogP contribution in [0.3, 0.4) is 0 Å². The largest absolute Gasteiger partial charge is 0.352 e. The third kappa shape index (κ3) is 5.21. The van der Waals surface area contributed by atoms with Gasteiger partial charge < -0.3 is 15.1 Å². The Morgan fingerprint density at radius 2 is 1.84 bits per heavy atom. The fraction of sp³-hybridized carbons (Fsp3) is 0.273. The van der Waals surface area contributed by atoms with Gasteiger partial charge in [0.2, 0.25) is 5.91 Å². The van der Waals surface area contributed by atoms with Gasteiger partial charge in [-0.15, -0.1) is 0 Å². The Labute approximate surface area is 186 Å². The topological polar surface area (TPSA) is 78.7 Å². The number of aromatic nitrogens is 3. The lowest BCUT2D eigenvalue weighted by molar-refractivity contribution is -0.135. The fourth-order valence-electron chi connectivity index (χ4n) is 3.49. The summed E-state index contributed by atoms with van der Waals surface area (Å²) in [6.07, 6.45) is 3.18. The number of nitrogens with zero attached hydrogens (tertiary/aromatic N) is 6. The van der Waals surface area contributed by atoms with Gasteiger partial charge >= 0.3 is 0 Å². The summed E-state index contributed by atoms with van der Waals surface area (Å²) < 4.78 is 1.71. The number of halogens is 1. The smallest absolute Gasteiger partial charge is 0.242 e.